The van der Waals surface area contributed by atoms with Crippen molar-refractivity contribution >= 4 is 43.4 Å². The van der Waals surface area contributed by atoms with Gasteiger partial charge in [-0.25, -0.2) is 0 Å². The number of ketones is 2. The molecule has 1 fully saturated rings. The Morgan fingerprint density at radius 1 is 0.692 bits per heavy atom. The number of hydrogen-bond donors (Lipinski definition) is 0. The van der Waals surface area contributed by atoms with Crippen molar-refractivity contribution < 1.29 is 9.59 Å². The maximum atomic E-state index is 13.2. The van der Waals surface area contributed by atoms with E-state index in [1.807, 2.05) is 62.4 Å². The van der Waals surface area contributed by atoms with E-state index < -0.39 is 0 Å². The van der Waals surface area contributed by atoms with E-state index in [0.29, 0.717) is 24.0 Å². The van der Waals surface area contributed by atoms with Gasteiger partial charge in [0.2, 0.25) is 0 Å². The van der Waals surface area contributed by atoms with Gasteiger partial charge in [0.1, 0.15) is 0 Å². The zero-order valence-electron chi connectivity index (χ0n) is 14.9. The van der Waals surface area contributed by atoms with Crippen LogP contribution < -0.4 is 0 Å². The molecule has 3 rings (SSSR count). The summed E-state index contributed by atoms with van der Waals surface area (Å²) in [6, 6.07) is 15.3. The third kappa shape index (κ3) is 4.17. The summed E-state index contributed by atoms with van der Waals surface area (Å²) in [4.78, 5) is 26.7. The molecule has 0 radical (unpaired) electrons. The maximum absolute atomic E-state index is 13.2. The first-order valence-electron chi connectivity index (χ1n) is 8.86. The van der Waals surface area contributed by atoms with Gasteiger partial charge in [-0.3, -0.25) is 9.59 Å². The van der Waals surface area contributed by atoms with E-state index in [-0.39, 0.29) is 33.1 Å². The summed E-state index contributed by atoms with van der Waals surface area (Å²) < 4.78 is 0. The number of halogens is 2. The molecule has 1 aliphatic rings. The van der Waals surface area contributed by atoms with Crippen molar-refractivity contribution in [3.63, 3.8) is 0 Å². The molecule has 2 nitrogen and oxygen atoms in total. The molecule has 136 valence electrons. The summed E-state index contributed by atoms with van der Waals surface area (Å²) in [5.74, 6) is -0.465. The van der Waals surface area contributed by atoms with Gasteiger partial charge in [-0.05, 0) is 26.7 Å². The first-order chi connectivity index (χ1) is 12.4. The molecule has 4 heteroatoms. The fourth-order valence-electron chi connectivity index (χ4n) is 3.55. The summed E-state index contributed by atoms with van der Waals surface area (Å²) in [5.41, 5.74) is 3.62. The highest BCUT2D eigenvalue weighted by atomic mass is 79.9. The van der Waals surface area contributed by atoms with Crippen LogP contribution in [0.1, 0.15) is 44.7 Å². The molecule has 0 unspecified atom stereocenters. The number of alkyl halides is 2. The van der Waals surface area contributed by atoms with Crippen LogP contribution >= 0.6 is 31.9 Å². The topological polar surface area (TPSA) is 34.1 Å². The Morgan fingerprint density at radius 2 is 1.00 bits per heavy atom. The highest BCUT2D eigenvalue weighted by Gasteiger charge is 2.42. The SMILES string of the molecule is Cc1ccc(C(=O)[C@H]2C[C@@H](Br)[C@@H](Br)C[C@@H]2C(=O)c2ccc(C)cc2)cc1. The Bertz CT molecular complexity index is 726. The third-order valence-corrected chi connectivity index (χ3v) is 7.92. The van der Waals surface area contributed by atoms with Crippen LogP contribution in [0.2, 0.25) is 0 Å². The lowest BCUT2D eigenvalue weighted by Gasteiger charge is -2.35. The maximum Gasteiger partial charge on any atom is 0.166 e. The zero-order valence-corrected chi connectivity index (χ0v) is 18.1. The van der Waals surface area contributed by atoms with Gasteiger partial charge in [-0.15, -0.1) is 0 Å². The highest BCUT2D eigenvalue weighted by Crippen LogP contribution is 2.40. The van der Waals surface area contributed by atoms with Crippen molar-refractivity contribution in [2.24, 2.45) is 11.8 Å². The number of carbonyl (C=O) groups excluding carboxylic acids is 2. The molecular formula is C22H22Br2O2. The molecule has 0 N–H and O–H groups in total. The number of carbonyl (C=O) groups is 2. The number of Topliss-reactive ketones (excluding diaryl/α,β-unsaturated/α-hetero) is 2. The van der Waals surface area contributed by atoms with Crippen molar-refractivity contribution in [1.29, 1.82) is 0 Å². The molecule has 2 aromatic carbocycles. The van der Waals surface area contributed by atoms with Crippen LogP contribution in [0.15, 0.2) is 48.5 Å². The standard InChI is InChI=1S/C22H22Br2O2/c1-13-3-7-15(8-4-13)21(25)17-11-19(23)20(24)12-18(17)22(26)16-9-5-14(2)6-10-16/h3-10,17-20H,11-12H2,1-2H3/t17-,18-,19-,20+/m0/s1. The second kappa shape index (κ2) is 8.18. The van der Waals surface area contributed by atoms with Gasteiger partial charge in [0.15, 0.2) is 11.6 Å². The molecule has 26 heavy (non-hydrogen) atoms. The van der Waals surface area contributed by atoms with Crippen molar-refractivity contribution in [1.82, 2.24) is 0 Å². The lowest BCUT2D eigenvalue weighted by atomic mass is 9.72. The Kier molecular flexibility index (Phi) is 6.13. The number of hydrogen-bond acceptors (Lipinski definition) is 2. The van der Waals surface area contributed by atoms with Gasteiger partial charge in [0, 0.05) is 32.6 Å². The van der Waals surface area contributed by atoms with E-state index in [0.717, 1.165) is 11.1 Å². The van der Waals surface area contributed by atoms with E-state index in [2.05, 4.69) is 31.9 Å². The molecule has 0 saturated heterocycles. The fraction of sp³-hybridized carbons (Fsp3) is 0.364. The fourth-order valence-corrected chi connectivity index (χ4v) is 4.79. The minimum Gasteiger partial charge on any atom is -0.294 e. The molecule has 0 heterocycles. The Morgan fingerprint density at radius 3 is 1.31 bits per heavy atom. The highest BCUT2D eigenvalue weighted by molar-refractivity contribution is 9.12. The van der Waals surface area contributed by atoms with Crippen LogP contribution in [0, 0.1) is 25.7 Å². The first-order valence-corrected chi connectivity index (χ1v) is 10.7. The monoisotopic (exact) mass is 476 g/mol. The van der Waals surface area contributed by atoms with Gasteiger partial charge >= 0.3 is 0 Å². The summed E-state index contributed by atoms with van der Waals surface area (Å²) in [6.07, 6.45) is 1.32. The van der Waals surface area contributed by atoms with E-state index in [1.54, 1.807) is 0 Å². The van der Waals surface area contributed by atoms with E-state index in [9.17, 15) is 9.59 Å². The predicted octanol–water partition coefficient (Wildman–Crippen LogP) is 5.92. The van der Waals surface area contributed by atoms with Gasteiger partial charge in [-0.1, -0.05) is 91.5 Å². The largest absolute Gasteiger partial charge is 0.294 e. The van der Waals surface area contributed by atoms with Crippen LogP contribution in [0.25, 0.3) is 0 Å². The van der Waals surface area contributed by atoms with Gasteiger partial charge in [-0.2, -0.15) is 0 Å². The molecule has 0 aromatic heterocycles. The molecule has 0 amide bonds. The van der Waals surface area contributed by atoms with Crippen LogP contribution in [-0.2, 0) is 0 Å². The average molecular weight is 478 g/mol. The van der Waals surface area contributed by atoms with Crippen LogP contribution in [-0.4, -0.2) is 21.2 Å². The molecule has 1 saturated carbocycles. The molecule has 1 aliphatic carbocycles. The minimum atomic E-state index is -0.301. The average Bonchev–Trinajstić information content (AvgIpc) is 2.63. The molecule has 4 atom stereocenters. The summed E-state index contributed by atoms with van der Waals surface area (Å²) >= 11 is 7.36. The summed E-state index contributed by atoms with van der Waals surface area (Å²) in [6.45, 7) is 4.01. The molecule has 0 bridgehead atoms. The van der Waals surface area contributed by atoms with E-state index in [4.69, 9.17) is 0 Å². The van der Waals surface area contributed by atoms with Gasteiger partial charge < -0.3 is 0 Å². The normalized spacial score (nSPS) is 25.7. The third-order valence-electron chi connectivity index (χ3n) is 5.18. The molecule has 0 spiro atoms. The molecule has 0 aliphatic heterocycles. The number of aryl methyl sites for hydroxylation is 2. The minimum absolute atomic E-state index is 0.0688. The Balaban J connectivity index is 1.91. The van der Waals surface area contributed by atoms with Gasteiger partial charge in [0.05, 0.1) is 0 Å². The lowest BCUT2D eigenvalue weighted by molar-refractivity contribution is 0.0720. The van der Waals surface area contributed by atoms with Crippen molar-refractivity contribution in [2.75, 3.05) is 0 Å². The van der Waals surface area contributed by atoms with Crippen LogP contribution in [0.4, 0.5) is 0 Å². The number of benzene rings is 2. The van der Waals surface area contributed by atoms with Crippen molar-refractivity contribution in [3.05, 3.63) is 70.8 Å². The van der Waals surface area contributed by atoms with E-state index in [1.165, 1.54) is 0 Å². The smallest absolute Gasteiger partial charge is 0.166 e. The Hall–Kier alpha value is -1.26. The second-order valence-electron chi connectivity index (χ2n) is 7.18. The second-order valence-corrected chi connectivity index (χ2v) is 9.53. The zero-order chi connectivity index (χ0) is 18.8. The quantitative estimate of drug-likeness (QED) is 0.404. The van der Waals surface area contributed by atoms with Crippen LogP contribution in [0.5, 0.6) is 0 Å². The van der Waals surface area contributed by atoms with Crippen molar-refractivity contribution in [2.45, 2.75) is 36.3 Å². The molecular weight excluding hydrogens is 456 g/mol. The summed E-state index contributed by atoms with van der Waals surface area (Å²) in [7, 11) is 0. The predicted molar refractivity (Wildman–Crippen MR) is 113 cm³/mol. The summed E-state index contributed by atoms with van der Waals surface area (Å²) in [5, 5.41) is 0. The first kappa shape index (κ1) is 19.5. The Labute approximate surface area is 171 Å². The van der Waals surface area contributed by atoms with Gasteiger partial charge in [0.25, 0.3) is 0 Å². The number of rotatable bonds is 4. The lowest BCUT2D eigenvalue weighted by Crippen LogP contribution is -2.40. The van der Waals surface area contributed by atoms with Crippen LogP contribution in [0.3, 0.4) is 0 Å². The van der Waals surface area contributed by atoms with E-state index >= 15 is 0 Å². The molecule has 2 aromatic rings. The van der Waals surface area contributed by atoms with Crippen molar-refractivity contribution in [3.8, 4) is 0 Å².